The first kappa shape index (κ1) is 24.9. The number of ether oxygens (including phenoxy) is 1. The van der Waals surface area contributed by atoms with Gasteiger partial charge in [-0.1, -0.05) is 48.5 Å². The van der Waals surface area contributed by atoms with Crippen molar-refractivity contribution in [2.45, 2.75) is 6.54 Å². The first-order valence-electron chi connectivity index (χ1n) is 13.1. The molecule has 6 heteroatoms. The summed E-state index contributed by atoms with van der Waals surface area (Å²) in [5, 5.41) is 2.14. The van der Waals surface area contributed by atoms with E-state index in [0.717, 1.165) is 50.1 Å². The van der Waals surface area contributed by atoms with E-state index in [1.54, 1.807) is 7.11 Å². The van der Waals surface area contributed by atoms with Gasteiger partial charge >= 0.3 is 0 Å². The molecular weight excluding hydrogens is 494 g/mol. The van der Waals surface area contributed by atoms with Crippen LogP contribution >= 0.6 is 0 Å². The van der Waals surface area contributed by atoms with Gasteiger partial charge in [0.1, 0.15) is 17.4 Å². The standard InChI is InChI=1S/C34H29N5O/c1-40-28-16-12-23(13-17-28)22-39-31-18-14-24(33(35)37-26-8-4-2-5-9-26)20-29(31)30-21-25(15-19-32(30)39)34(36)38-27-10-6-3-7-11-27/h2-21H,22H2,1H3,(H2,35,37)(H2,36,38). The summed E-state index contributed by atoms with van der Waals surface area (Å²) in [5.41, 5.74) is 19.7. The summed E-state index contributed by atoms with van der Waals surface area (Å²) in [6, 6.07) is 40.1. The minimum absolute atomic E-state index is 0.463. The second-order valence-electron chi connectivity index (χ2n) is 9.56. The zero-order chi connectivity index (χ0) is 27.5. The average molecular weight is 524 g/mol. The molecule has 0 radical (unpaired) electrons. The van der Waals surface area contributed by atoms with Crippen LogP contribution in [0.25, 0.3) is 21.8 Å². The van der Waals surface area contributed by atoms with Gasteiger partial charge in [-0.3, -0.25) is 0 Å². The fraction of sp³-hybridized carbons (Fsp3) is 0.0588. The summed E-state index contributed by atoms with van der Waals surface area (Å²) in [5.74, 6) is 1.76. The number of methoxy groups -OCH3 is 1. The van der Waals surface area contributed by atoms with E-state index in [1.165, 1.54) is 5.56 Å². The maximum atomic E-state index is 6.48. The molecule has 6 rings (SSSR count). The van der Waals surface area contributed by atoms with Gasteiger partial charge in [0.05, 0.1) is 18.5 Å². The quantitative estimate of drug-likeness (QED) is 0.176. The zero-order valence-electron chi connectivity index (χ0n) is 22.2. The van der Waals surface area contributed by atoms with Gasteiger partial charge in [-0.05, 0) is 78.4 Å². The lowest BCUT2D eigenvalue weighted by Crippen LogP contribution is -2.12. The molecule has 0 saturated heterocycles. The molecule has 1 aromatic heterocycles. The molecule has 0 aliphatic rings. The molecular formula is C34H29N5O. The van der Waals surface area contributed by atoms with Gasteiger partial charge in [-0.25, -0.2) is 9.98 Å². The van der Waals surface area contributed by atoms with Crippen LogP contribution < -0.4 is 16.2 Å². The second kappa shape index (κ2) is 10.8. The molecule has 196 valence electrons. The number of aliphatic imine (C=N–C) groups is 2. The van der Waals surface area contributed by atoms with Crippen molar-refractivity contribution in [3.8, 4) is 5.75 Å². The average Bonchev–Trinajstić information content (AvgIpc) is 3.30. The molecule has 6 nitrogen and oxygen atoms in total. The van der Waals surface area contributed by atoms with Crippen LogP contribution in [0.1, 0.15) is 16.7 Å². The molecule has 0 fully saturated rings. The molecule has 40 heavy (non-hydrogen) atoms. The van der Waals surface area contributed by atoms with E-state index >= 15 is 0 Å². The molecule has 0 aliphatic heterocycles. The van der Waals surface area contributed by atoms with Crippen molar-refractivity contribution in [1.29, 1.82) is 0 Å². The van der Waals surface area contributed by atoms with Crippen LogP contribution in [-0.4, -0.2) is 23.3 Å². The summed E-state index contributed by atoms with van der Waals surface area (Å²) in [7, 11) is 1.68. The maximum Gasteiger partial charge on any atom is 0.131 e. The number of amidine groups is 2. The molecule has 6 aromatic rings. The van der Waals surface area contributed by atoms with E-state index in [-0.39, 0.29) is 0 Å². The zero-order valence-corrected chi connectivity index (χ0v) is 22.2. The minimum Gasteiger partial charge on any atom is -0.497 e. The Balaban J connectivity index is 1.49. The van der Waals surface area contributed by atoms with Crippen molar-refractivity contribution in [2.75, 3.05) is 7.11 Å². The number of hydrogen-bond acceptors (Lipinski definition) is 3. The maximum absolute atomic E-state index is 6.48. The first-order valence-corrected chi connectivity index (χ1v) is 13.1. The predicted octanol–water partition coefficient (Wildman–Crippen LogP) is 6.93. The van der Waals surface area contributed by atoms with E-state index in [9.17, 15) is 0 Å². The van der Waals surface area contributed by atoms with Gasteiger partial charge in [0.15, 0.2) is 0 Å². The predicted molar refractivity (Wildman–Crippen MR) is 165 cm³/mol. The number of aromatic nitrogens is 1. The van der Waals surface area contributed by atoms with Crippen molar-refractivity contribution in [1.82, 2.24) is 4.57 Å². The number of nitrogens with two attached hydrogens (primary N) is 2. The number of hydrogen-bond donors (Lipinski definition) is 2. The monoisotopic (exact) mass is 523 g/mol. The van der Waals surface area contributed by atoms with Gasteiger partial charge in [0, 0.05) is 39.5 Å². The highest BCUT2D eigenvalue weighted by Crippen LogP contribution is 2.32. The van der Waals surface area contributed by atoms with E-state index in [0.29, 0.717) is 18.2 Å². The smallest absolute Gasteiger partial charge is 0.131 e. The Bertz CT molecular complexity index is 1740. The second-order valence-corrected chi connectivity index (χ2v) is 9.56. The SMILES string of the molecule is COc1ccc(Cn2c3ccc(C(N)=Nc4ccccc4)cc3c3cc(C(N)=Nc4ccccc4)ccc32)cc1. The third kappa shape index (κ3) is 5.02. The highest BCUT2D eigenvalue weighted by atomic mass is 16.5. The van der Waals surface area contributed by atoms with Crippen LogP contribution in [0.4, 0.5) is 11.4 Å². The molecule has 0 saturated carbocycles. The summed E-state index contributed by atoms with van der Waals surface area (Å²) in [6.45, 7) is 0.698. The molecule has 0 aliphatic carbocycles. The van der Waals surface area contributed by atoms with Gasteiger partial charge in [-0.15, -0.1) is 0 Å². The van der Waals surface area contributed by atoms with Crippen LogP contribution in [0.2, 0.25) is 0 Å². The first-order chi connectivity index (χ1) is 19.6. The molecule has 0 atom stereocenters. The van der Waals surface area contributed by atoms with Crippen molar-refractivity contribution in [3.05, 3.63) is 138 Å². The van der Waals surface area contributed by atoms with E-state index in [1.807, 2.05) is 84.9 Å². The fourth-order valence-electron chi connectivity index (χ4n) is 4.92. The van der Waals surface area contributed by atoms with Gasteiger partial charge in [-0.2, -0.15) is 0 Å². The van der Waals surface area contributed by atoms with E-state index < -0.39 is 0 Å². The summed E-state index contributed by atoms with van der Waals surface area (Å²) < 4.78 is 7.66. The van der Waals surface area contributed by atoms with E-state index in [2.05, 4.69) is 51.0 Å². The summed E-state index contributed by atoms with van der Waals surface area (Å²) in [4.78, 5) is 9.27. The molecule has 1 heterocycles. The number of nitrogens with zero attached hydrogens (tertiary/aromatic N) is 3. The molecule has 4 N–H and O–H groups in total. The van der Waals surface area contributed by atoms with E-state index in [4.69, 9.17) is 16.2 Å². The van der Waals surface area contributed by atoms with Crippen molar-refractivity contribution < 1.29 is 4.74 Å². The molecule has 0 spiro atoms. The number of benzene rings is 5. The Hall–Kier alpha value is -5.36. The molecule has 0 bridgehead atoms. The third-order valence-electron chi connectivity index (χ3n) is 6.97. The summed E-state index contributed by atoms with van der Waals surface area (Å²) in [6.07, 6.45) is 0. The topological polar surface area (TPSA) is 90.9 Å². The Kier molecular flexibility index (Phi) is 6.73. The lowest BCUT2D eigenvalue weighted by atomic mass is 10.1. The largest absolute Gasteiger partial charge is 0.497 e. The van der Waals surface area contributed by atoms with Crippen LogP contribution in [0, 0.1) is 0 Å². The number of para-hydroxylation sites is 2. The molecule has 5 aromatic carbocycles. The lowest BCUT2D eigenvalue weighted by molar-refractivity contribution is 0.414. The van der Waals surface area contributed by atoms with Crippen LogP contribution in [0.5, 0.6) is 5.75 Å². The van der Waals surface area contributed by atoms with Crippen molar-refractivity contribution in [2.24, 2.45) is 21.5 Å². The van der Waals surface area contributed by atoms with Gasteiger partial charge < -0.3 is 20.8 Å². The van der Waals surface area contributed by atoms with Crippen molar-refractivity contribution in [3.63, 3.8) is 0 Å². The van der Waals surface area contributed by atoms with Crippen LogP contribution in [0.3, 0.4) is 0 Å². The normalized spacial score (nSPS) is 12.2. The fourth-order valence-corrected chi connectivity index (χ4v) is 4.92. The minimum atomic E-state index is 0.463. The summed E-state index contributed by atoms with van der Waals surface area (Å²) >= 11 is 0. The Morgan fingerprint density at radius 3 is 1.55 bits per heavy atom. The Morgan fingerprint density at radius 2 is 1.10 bits per heavy atom. The van der Waals surface area contributed by atoms with Crippen molar-refractivity contribution >= 4 is 44.9 Å². The number of fused-ring (bicyclic) bond motifs is 3. The number of rotatable bonds is 7. The van der Waals surface area contributed by atoms with Crippen LogP contribution in [0.15, 0.2) is 131 Å². The van der Waals surface area contributed by atoms with Gasteiger partial charge in [0.25, 0.3) is 0 Å². The Morgan fingerprint density at radius 1 is 0.625 bits per heavy atom. The van der Waals surface area contributed by atoms with Crippen LogP contribution in [-0.2, 0) is 6.54 Å². The van der Waals surface area contributed by atoms with Gasteiger partial charge in [0.2, 0.25) is 0 Å². The highest BCUT2D eigenvalue weighted by molar-refractivity contribution is 6.13. The molecule has 0 amide bonds. The Labute approximate surface area is 232 Å². The highest BCUT2D eigenvalue weighted by Gasteiger charge is 2.15. The third-order valence-corrected chi connectivity index (χ3v) is 6.97. The lowest BCUT2D eigenvalue weighted by Gasteiger charge is -2.09. The molecule has 0 unspecified atom stereocenters.